The van der Waals surface area contributed by atoms with Crippen LogP contribution in [0.15, 0.2) is 46.3 Å². The maximum Gasteiger partial charge on any atom is 0.323 e. The Labute approximate surface area is 134 Å². The molecule has 1 saturated heterocycles. The molecular weight excluding hydrogens is 356 g/mol. The average Bonchev–Trinajstić information content (AvgIpc) is 3.11. The van der Waals surface area contributed by atoms with Gasteiger partial charge in [0.2, 0.25) is 0 Å². The Kier molecular flexibility index (Phi) is 4.33. The van der Waals surface area contributed by atoms with Gasteiger partial charge in [-0.05, 0) is 35.7 Å². The second-order valence-electron chi connectivity index (χ2n) is 4.37. The van der Waals surface area contributed by atoms with Crippen LogP contribution in [-0.4, -0.2) is 23.2 Å². The first-order valence-electron chi connectivity index (χ1n) is 6.22. The number of nitrogens with zero attached hydrogens (tertiary/aromatic N) is 1. The van der Waals surface area contributed by atoms with Crippen molar-refractivity contribution >= 4 is 50.7 Å². The largest absolute Gasteiger partial charge is 0.323 e. The van der Waals surface area contributed by atoms with Gasteiger partial charge in [0.15, 0.2) is 0 Å². The third-order valence-electron chi connectivity index (χ3n) is 3.03. The fourth-order valence-electron chi connectivity index (χ4n) is 2.07. The summed E-state index contributed by atoms with van der Waals surface area (Å²) in [5.74, 6) is 0.982. The highest BCUT2D eigenvalue weighted by atomic mass is 79.9. The van der Waals surface area contributed by atoms with E-state index in [1.54, 1.807) is 11.3 Å². The molecule has 0 saturated carbocycles. The number of anilines is 1. The van der Waals surface area contributed by atoms with Gasteiger partial charge in [0, 0.05) is 27.3 Å². The number of amides is 2. The molecule has 0 bridgehead atoms. The van der Waals surface area contributed by atoms with Crippen molar-refractivity contribution in [3.63, 3.8) is 0 Å². The topological polar surface area (TPSA) is 32.3 Å². The summed E-state index contributed by atoms with van der Waals surface area (Å²) in [4.78, 5) is 15.5. The molecule has 1 aromatic carbocycles. The molecule has 3 rings (SSSR count). The van der Waals surface area contributed by atoms with Crippen LogP contribution in [0.5, 0.6) is 0 Å². The molecule has 20 heavy (non-hydrogen) atoms. The molecule has 0 radical (unpaired) electrons. The highest BCUT2D eigenvalue weighted by Crippen LogP contribution is 2.40. The van der Waals surface area contributed by atoms with Crippen LogP contribution in [0.2, 0.25) is 0 Å². The van der Waals surface area contributed by atoms with E-state index < -0.39 is 0 Å². The number of benzene rings is 1. The number of urea groups is 1. The second-order valence-corrected chi connectivity index (χ2v) is 7.45. The van der Waals surface area contributed by atoms with Crippen molar-refractivity contribution < 1.29 is 4.79 Å². The first kappa shape index (κ1) is 14.0. The second kappa shape index (κ2) is 6.20. The number of hydrogen-bond acceptors (Lipinski definition) is 3. The van der Waals surface area contributed by atoms with Gasteiger partial charge in [0.1, 0.15) is 5.37 Å². The molecule has 2 aromatic rings. The fourth-order valence-corrected chi connectivity index (χ4v) is 4.57. The fraction of sp³-hybridized carbons (Fsp3) is 0.214. The summed E-state index contributed by atoms with van der Waals surface area (Å²) < 4.78 is 1.00. The Bertz CT molecular complexity index is 586. The number of thiophene rings is 1. The van der Waals surface area contributed by atoms with Crippen LogP contribution >= 0.6 is 39.0 Å². The van der Waals surface area contributed by atoms with Gasteiger partial charge in [0.25, 0.3) is 0 Å². The molecule has 3 nitrogen and oxygen atoms in total. The van der Waals surface area contributed by atoms with Crippen molar-refractivity contribution in [3.8, 4) is 0 Å². The third kappa shape index (κ3) is 3.02. The first-order chi connectivity index (χ1) is 9.74. The SMILES string of the molecule is O=C(Nc1ccc(Br)cc1)N1CCS[C@H]1c1cccs1. The standard InChI is InChI=1S/C14H13BrN2OS2/c15-10-3-5-11(6-4-10)16-14(18)17-7-9-20-13(17)12-2-1-8-19-12/h1-6,8,13H,7,9H2,(H,16,18)/t13-/m0/s1. The number of carbonyl (C=O) groups excluding carboxylic acids is 1. The molecule has 1 N–H and O–H groups in total. The summed E-state index contributed by atoms with van der Waals surface area (Å²) in [5, 5.41) is 5.16. The molecule has 104 valence electrons. The van der Waals surface area contributed by atoms with E-state index in [0.29, 0.717) is 0 Å². The van der Waals surface area contributed by atoms with Crippen LogP contribution < -0.4 is 5.32 Å². The molecule has 0 aliphatic carbocycles. The van der Waals surface area contributed by atoms with Crippen molar-refractivity contribution in [1.82, 2.24) is 4.90 Å². The van der Waals surface area contributed by atoms with E-state index >= 15 is 0 Å². The van der Waals surface area contributed by atoms with Gasteiger partial charge in [0.05, 0.1) is 0 Å². The van der Waals surface area contributed by atoms with Crippen LogP contribution in [0.25, 0.3) is 0 Å². The molecule has 2 heterocycles. The number of carbonyl (C=O) groups is 1. The summed E-state index contributed by atoms with van der Waals surface area (Å²) in [6.07, 6.45) is 0. The number of nitrogens with one attached hydrogen (secondary N) is 1. The quantitative estimate of drug-likeness (QED) is 0.826. The molecular formula is C14H13BrN2OS2. The predicted molar refractivity (Wildman–Crippen MR) is 89.4 cm³/mol. The minimum atomic E-state index is -0.0317. The third-order valence-corrected chi connectivity index (χ3v) is 5.88. The van der Waals surface area contributed by atoms with Crippen LogP contribution in [-0.2, 0) is 0 Å². The highest BCUT2D eigenvalue weighted by Gasteiger charge is 2.31. The van der Waals surface area contributed by atoms with Crippen molar-refractivity contribution in [2.24, 2.45) is 0 Å². The molecule has 6 heteroatoms. The van der Waals surface area contributed by atoms with Gasteiger partial charge in [-0.25, -0.2) is 4.79 Å². The Morgan fingerprint density at radius 3 is 2.80 bits per heavy atom. The van der Waals surface area contributed by atoms with E-state index in [9.17, 15) is 4.79 Å². The summed E-state index contributed by atoms with van der Waals surface area (Å²) in [5.41, 5.74) is 0.819. The maximum atomic E-state index is 12.4. The summed E-state index contributed by atoms with van der Waals surface area (Å²) in [6, 6.07) is 11.7. The van der Waals surface area contributed by atoms with Crippen LogP contribution in [0.4, 0.5) is 10.5 Å². The Hall–Kier alpha value is -0.980. The van der Waals surface area contributed by atoms with Gasteiger partial charge < -0.3 is 10.2 Å². The monoisotopic (exact) mass is 368 g/mol. The van der Waals surface area contributed by atoms with Gasteiger partial charge in [-0.15, -0.1) is 23.1 Å². The van der Waals surface area contributed by atoms with E-state index in [4.69, 9.17) is 0 Å². The maximum absolute atomic E-state index is 12.4. The molecule has 1 aliphatic heterocycles. The van der Waals surface area contributed by atoms with Gasteiger partial charge in [-0.3, -0.25) is 0 Å². The van der Waals surface area contributed by atoms with Gasteiger partial charge >= 0.3 is 6.03 Å². The lowest BCUT2D eigenvalue weighted by Crippen LogP contribution is -2.34. The number of thioether (sulfide) groups is 1. The van der Waals surface area contributed by atoms with Crippen LogP contribution in [0, 0.1) is 0 Å². The lowest BCUT2D eigenvalue weighted by atomic mass is 10.3. The van der Waals surface area contributed by atoms with E-state index in [0.717, 1.165) is 22.5 Å². The van der Waals surface area contributed by atoms with Crippen molar-refractivity contribution in [1.29, 1.82) is 0 Å². The van der Waals surface area contributed by atoms with E-state index in [-0.39, 0.29) is 11.4 Å². The number of hydrogen-bond donors (Lipinski definition) is 1. The molecule has 1 aromatic heterocycles. The van der Waals surface area contributed by atoms with Gasteiger partial charge in [-0.1, -0.05) is 22.0 Å². The zero-order valence-corrected chi connectivity index (χ0v) is 13.8. The summed E-state index contributed by atoms with van der Waals surface area (Å²) in [6.45, 7) is 0.787. The highest BCUT2D eigenvalue weighted by molar-refractivity contribution is 9.10. The lowest BCUT2D eigenvalue weighted by Gasteiger charge is -2.23. The Morgan fingerprint density at radius 1 is 1.30 bits per heavy atom. The Morgan fingerprint density at radius 2 is 2.10 bits per heavy atom. The zero-order chi connectivity index (χ0) is 13.9. The minimum Gasteiger partial charge on any atom is -0.308 e. The molecule has 1 atom stereocenters. The van der Waals surface area contributed by atoms with Crippen LogP contribution in [0.3, 0.4) is 0 Å². The summed E-state index contributed by atoms with van der Waals surface area (Å²) in [7, 11) is 0. The zero-order valence-electron chi connectivity index (χ0n) is 10.6. The molecule has 1 fully saturated rings. The average molecular weight is 369 g/mol. The normalized spacial score (nSPS) is 18.2. The van der Waals surface area contributed by atoms with E-state index in [1.165, 1.54) is 4.88 Å². The molecule has 2 amide bonds. The van der Waals surface area contributed by atoms with E-state index in [2.05, 4.69) is 32.7 Å². The number of rotatable bonds is 2. The lowest BCUT2D eigenvalue weighted by molar-refractivity contribution is 0.215. The summed E-state index contributed by atoms with van der Waals surface area (Å²) >= 11 is 6.91. The van der Waals surface area contributed by atoms with Gasteiger partial charge in [-0.2, -0.15) is 0 Å². The number of halogens is 1. The predicted octanol–water partition coefficient (Wildman–Crippen LogP) is 4.79. The smallest absolute Gasteiger partial charge is 0.308 e. The first-order valence-corrected chi connectivity index (χ1v) is 8.94. The van der Waals surface area contributed by atoms with E-state index in [1.807, 2.05) is 47.0 Å². The molecule has 0 spiro atoms. The van der Waals surface area contributed by atoms with Crippen LogP contribution in [0.1, 0.15) is 10.3 Å². The molecule has 1 aliphatic rings. The van der Waals surface area contributed by atoms with Crippen molar-refractivity contribution in [2.45, 2.75) is 5.37 Å². The van der Waals surface area contributed by atoms with Crippen molar-refractivity contribution in [3.05, 3.63) is 51.1 Å². The molecule has 0 unspecified atom stereocenters. The Balaban J connectivity index is 1.71. The van der Waals surface area contributed by atoms with Crippen molar-refractivity contribution in [2.75, 3.05) is 17.6 Å². The minimum absolute atomic E-state index is 0.0317.